The van der Waals surface area contributed by atoms with Gasteiger partial charge in [0.05, 0.1) is 0 Å². The molecule has 1 aromatic carbocycles. The van der Waals surface area contributed by atoms with Crippen LogP contribution in [-0.2, 0) is 0 Å². The van der Waals surface area contributed by atoms with Gasteiger partial charge in [0.15, 0.2) is 5.82 Å². The molecule has 3 N–H and O–H groups in total. The Labute approximate surface area is 88.5 Å². The number of hydrogen-bond acceptors (Lipinski definition) is 3. The van der Waals surface area contributed by atoms with Crippen molar-refractivity contribution in [3.8, 4) is 11.4 Å². The van der Waals surface area contributed by atoms with Crippen LogP contribution < -0.4 is 5.73 Å². The molecule has 0 fully saturated rings. The van der Waals surface area contributed by atoms with Crippen LogP contribution in [0.25, 0.3) is 11.4 Å². The van der Waals surface area contributed by atoms with Crippen molar-refractivity contribution < 1.29 is 0 Å². The average Bonchev–Trinajstić information content (AvgIpc) is 2.69. The molecule has 1 aromatic heterocycles. The molecule has 4 nitrogen and oxygen atoms in total. The molecule has 0 bridgehead atoms. The van der Waals surface area contributed by atoms with E-state index >= 15 is 0 Å². The number of nitrogens with zero attached hydrogens (tertiary/aromatic N) is 2. The Morgan fingerprint density at radius 2 is 2.13 bits per heavy atom. The summed E-state index contributed by atoms with van der Waals surface area (Å²) in [7, 11) is 0. The van der Waals surface area contributed by atoms with E-state index in [0.29, 0.717) is 5.92 Å². The lowest BCUT2D eigenvalue weighted by Gasteiger charge is -2.09. The second-order valence-electron chi connectivity index (χ2n) is 3.83. The number of aromatic amines is 1. The maximum atomic E-state index is 5.97. The van der Waals surface area contributed by atoms with Crippen LogP contribution in [0.4, 0.5) is 5.69 Å². The highest BCUT2D eigenvalue weighted by Crippen LogP contribution is 2.25. The highest BCUT2D eigenvalue weighted by molar-refractivity contribution is 5.64. The molecule has 4 heteroatoms. The number of anilines is 1. The largest absolute Gasteiger partial charge is 0.398 e. The summed E-state index contributed by atoms with van der Waals surface area (Å²) in [5, 5.41) is 6.62. The SMILES string of the molecule is CC(C)c1ccc(-c2ncn[nH]2)cc1N. The molecule has 0 atom stereocenters. The van der Waals surface area contributed by atoms with E-state index in [1.165, 1.54) is 11.9 Å². The minimum absolute atomic E-state index is 0.439. The van der Waals surface area contributed by atoms with Crippen LogP contribution >= 0.6 is 0 Å². The van der Waals surface area contributed by atoms with Gasteiger partial charge in [-0.3, -0.25) is 5.10 Å². The molecule has 78 valence electrons. The number of rotatable bonds is 2. The van der Waals surface area contributed by atoms with E-state index in [2.05, 4.69) is 29.0 Å². The van der Waals surface area contributed by atoms with Crippen LogP contribution in [0.5, 0.6) is 0 Å². The third-order valence-electron chi connectivity index (χ3n) is 2.40. The Morgan fingerprint density at radius 1 is 1.33 bits per heavy atom. The molecule has 0 radical (unpaired) electrons. The van der Waals surface area contributed by atoms with Gasteiger partial charge in [0.25, 0.3) is 0 Å². The first-order chi connectivity index (χ1) is 7.18. The Hall–Kier alpha value is -1.84. The van der Waals surface area contributed by atoms with Crippen molar-refractivity contribution in [1.82, 2.24) is 15.2 Å². The number of aromatic nitrogens is 3. The number of nitrogen functional groups attached to an aromatic ring is 1. The van der Waals surface area contributed by atoms with E-state index < -0.39 is 0 Å². The number of H-pyrrole nitrogens is 1. The molecular formula is C11H14N4. The van der Waals surface area contributed by atoms with E-state index in [1.807, 2.05) is 18.2 Å². The molecule has 0 unspecified atom stereocenters. The zero-order chi connectivity index (χ0) is 10.8. The summed E-state index contributed by atoms with van der Waals surface area (Å²) in [6, 6.07) is 5.97. The zero-order valence-corrected chi connectivity index (χ0v) is 8.86. The lowest BCUT2D eigenvalue weighted by Crippen LogP contribution is -1.96. The van der Waals surface area contributed by atoms with Gasteiger partial charge < -0.3 is 5.73 Å². The Bertz CT molecular complexity index is 446. The van der Waals surface area contributed by atoms with Crippen molar-refractivity contribution in [3.05, 3.63) is 30.1 Å². The number of benzene rings is 1. The average molecular weight is 202 g/mol. The molecule has 2 rings (SSSR count). The second kappa shape index (κ2) is 3.73. The van der Waals surface area contributed by atoms with Gasteiger partial charge in [-0.15, -0.1) is 0 Å². The molecule has 0 spiro atoms. The molecule has 15 heavy (non-hydrogen) atoms. The third-order valence-corrected chi connectivity index (χ3v) is 2.40. The van der Waals surface area contributed by atoms with Gasteiger partial charge in [-0.1, -0.05) is 26.0 Å². The fourth-order valence-electron chi connectivity index (χ4n) is 1.59. The fraction of sp³-hybridized carbons (Fsp3) is 0.273. The van der Waals surface area contributed by atoms with Crippen molar-refractivity contribution in [2.45, 2.75) is 19.8 Å². The minimum atomic E-state index is 0.439. The normalized spacial score (nSPS) is 10.9. The van der Waals surface area contributed by atoms with Crippen molar-refractivity contribution in [2.75, 3.05) is 5.73 Å². The van der Waals surface area contributed by atoms with Gasteiger partial charge in [0, 0.05) is 11.3 Å². The third kappa shape index (κ3) is 1.83. The molecule has 0 saturated heterocycles. The first-order valence-corrected chi connectivity index (χ1v) is 4.93. The highest BCUT2D eigenvalue weighted by atomic mass is 15.2. The molecule has 1 heterocycles. The van der Waals surface area contributed by atoms with E-state index in [-0.39, 0.29) is 0 Å². The number of hydrogen-bond donors (Lipinski definition) is 2. The minimum Gasteiger partial charge on any atom is -0.398 e. The van der Waals surface area contributed by atoms with Gasteiger partial charge in [0.1, 0.15) is 6.33 Å². The monoisotopic (exact) mass is 202 g/mol. The maximum Gasteiger partial charge on any atom is 0.155 e. The van der Waals surface area contributed by atoms with Crippen molar-refractivity contribution in [1.29, 1.82) is 0 Å². The first kappa shape index (κ1) is 9.71. The van der Waals surface area contributed by atoms with Gasteiger partial charge in [0.2, 0.25) is 0 Å². The molecule has 0 aliphatic heterocycles. The van der Waals surface area contributed by atoms with Gasteiger partial charge in [-0.05, 0) is 17.5 Å². The first-order valence-electron chi connectivity index (χ1n) is 4.93. The Morgan fingerprint density at radius 3 is 2.67 bits per heavy atom. The van der Waals surface area contributed by atoms with Crippen LogP contribution in [0.1, 0.15) is 25.3 Å². The molecule has 0 aliphatic rings. The summed E-state index contributed by atoms with van der Waals surface area (Å²) >= 11 is 0. The molecule has 0 saturated carbocycles. The summed E-state index contributed by atoms with van der Waals surface area (Å²) in [6.45, 7) is 4.25. The molecule has 2 aromatic rings. The Balaban J connectivity index is 2.42. The van der Waals surface area contributed by atoms with Gasteiger partial charge in [-0.2, -0.15) is 5.10 Å². The molecule has 0 amide bonds. The van der Waals surface area contributed by atoms with Crippen LogP contribution in [-0.4, -0.2) is 15.2 Å². The number of nitrogens with two attached hydrogens (primary N) is 1. The fourth-order valence-corrected chi connectivity index (χ4v) is 1.59. The Kier molecular flexibility index (Phi) is 2.41. The second-order valence-corrected chi connectivity index (χ2v) is 3.83. The van der Waals surface area contributed by atoms with Gasteiger partial charge in [-0.25, -0.2) is 4.98 Å². The summed E-state index contributed by atoms with van der Waals surface area (Å²) in [5.41, 5.74) is 8.90. The maximum absolute atomic E-state index is 5.97. The van der Waals surface area contributed by atoms with Crippen molar-refractivity contribution in [3.63, 3.8) is 0 Å². The predicted molar refractivity (Wildman–Crippen MR) is 60.3 cm³/mol. The van der Waals surface area contributed by atoms with Crippen LogP contribution in [0.3, 0.4) is 0 Å². The molecule has 0 aliphatic carbocycles. The predicted octanol–water partition coefficient (Wildman–Crippen LogP) is 2.18. The van der Waals surface area contributed by atoms with E-state index in [0.717, 1.165) is 17.1 Å². The summed E-state index contributed by atoms with van der Waals surface area (Å²) in [5.74, 6) is 1.19. The lowest BCUT2D eigenvalue weighted by atomic mass is 9.99. The van der Waals surface area contributed by atoms with E-state index in [4.69, 9.17) is 5.73 Å². The van der Waals surface area contributed by atoms with E-state index in [1.54, 1.807) is 0 Å². The summed E-state index contributed by atoms with van der Waals surface area (Å²) in [4.78, 5) is 4.08. The zero-order valence-electron chi connectivity index (χ0n) is 8.86. The van der Waals surface area contributed by atoms with Crippen LogP contribution in [0, 0.1) is 0 Å². The molecular weight excluding hydrogens is 188 g/mol. The van der Waals surface area contributed by atoms with Crippen molar-refractivity contribution >= 4 is 5.69 Å². The number of nitrogens with one attached hydrogen (secondary N) is 1. The van der Waals surface area contributed by atoms with E-state index in [9.17, 15) is 0 Å². The summed E-state index contributed by atoms with van der Waals surface area (Å²) in [6.07, 6.45) is 1.49. The van der Waals surface area contributed by atoms with Crippen LogP contribution in [0.15, 0.2) is 24.5 Å². The smallest absolute Gasteiger partial charge is 0.155 e. The van der Waals surface area contributed by atoms with Crippen molar-refractivity contribution in [2.24, 2.45) is 0 Å². The van der Waals surface area contributed by atoms with Gasteiger partial charge >= 0.3 is 0 Å². The van der Waals surface area contributed by atoms with Crippen LogP contribution in [0.2, 0.25) is 0 Å². The lowest BCUT2D eigenvalue weighted by molar-refractivity contribution is 0.870. The topological polar surface area (TPSA) is 67.6 Å². The highest BCUT2D eigenvalue weighted by Gasteiger charge is 2.07. The standard InChI is InChI=1S/C11H14N4/c1-7(2)9-4-3-8(5-10(9)12)11-13-6-14-15-11/h3-7H,12H2,1-2H3,(H,13,14,15). The summed E-state index contributed by atoms with van der Waals surface area (Å²) < 4.78 is 0. The quantitative estimate of drug-likeness (QED) is 0.733.